The Labute approximate surface area is 196 Å². The second kappa shape index (κ2) is 11.7. The number of rotatable bonds is 12. The van der Waals surface area contributed by atoms with Crippen molar-refractivity contribution in [1.82, 2.24) is 10.2 Å². The van der Waals surface area contributed by atoms with Crippen LogP contribution in [0.2, 0.25) is 0 Å². The highest BCUT2D eigenvalue weighted by molar-refractivity contribution is 5.94. The van der Waals surface area contributed by atoms with Crippen LogP contribution in [-0.4, -0.2) is 49.9 Å². The Bertz CT molecular complexity index is 1100. The van der Waals surface area contributed by atoms with Crippen LogP contribution in [0.5, 0.6) is 23.0 Å². The van der Waals surface area contributed by atoms with E-state index in [1.807, 2.05) is 0 Å². The zero-order valence-electron chi connectivity index (χ0n) is 19.5. The van der Waals surface area contributed by atoms with Gasteiger partial charge in [0, 0.05) is 17.5 Å². The van der Waals surface area contributed by atoms with E-state index in [2.05, 4.69) is 10.2 Å². The molecule has 10 heteroatoms. The van der Waals surface area contributed by atoms with Crippen LogP contribution < -0.4 is 18.9 Å². The molecule has 0 aliphatic rings. The maximum atomic E-state index is 12.0. The minimum absolute atomic E-state index is 0.00823. The van der Waals surface area contributed by atoms with Gasteiger partial charge in [-0.05, 0) is 49.7 Å². The number of aromatic nitrogens is 2. The molecular weight excluding hydrogens is 444 g/mol. The van der Waals surface area contributed by atoms with Crippen molar-refractivity contribution in [2.45, 2.75) is 26.4 Å². The summed E-state index contributed by atoms with van der Waals surface area (Å²) in [5.74, 6) is 1.91. The van der Waals surface area contributed by atoms with E-state index in [4.69, 9.17) is 28.1 Å². The lowest BCUT2D eigenvalue weighted by Crippen LogP contribution is -2.07. The van der Waals surface area contributed by atoms with Gasteiger partial charge in [0.1, 0.15) is 5.75 Å². The lowest BCUT2D eigenvalue weighted by molar-refractivity contribution is -0.145. The molecule has 0 fully saturated rings. The van der Waals surface area contributed by atoms with E-state index < -0.39 is 5.97 Å². The number of ketones is 1. The molecule has 0 bridgehead atoms. The lowest BCUT2D eigenvalue weighted by atomic mass is 10.1. The monoisotopic (exact) mass is 470 g/mol. The Morgan fingerprint density at radius 3 is 2.21 bits per heavy atom. The number of Topliss-reactive ketones (excluding diaryl/α,β-unsaturated/α-hetero) is 1. The molecule has 10 nitrogen and oxygen atoms in total. The lowest BCUT2D eigenvalue weighted by Gasteiger charge is -2.12. The van der Waals surface area contributed by atoms with Crippen LogP contribution in [0.3, 0.4) is 0 Å². The number of hydrogen-bond acceptors (Lipinski definition) is 10. The molecule has 180 valence electrons. The largest absolute Gasteiger partial charge is 0.494 e. The molecule has 0 spiro atoms. The molecule has 0 unspecified atom stereocenters. The highest BCUT2D eigenvalue weighted by atomic mass is 16.5. The van der Waals surface area contributed by atoms with Crippen LogP contribution in [0.15, 0.2) is 40.8 Å². The molecule has 1 aromatic heterocycles. The zero-order valence-corrected chi connectivity index (χ0v) is 19.5. The first-order chi connectivity index (χ1) is 16.4. The Hall–Kier alpha value is -4.08. The van der Waals surface area contributed by atoms with E-state index in [0.29, 0.717) is 47.2 Å². The van der Waals surface area contributed by atoms with E-state index >= 15 is 0 Å². The van der Waals surface area contributed by atoms with Crippen LogP contribution in [0, 0.1) is 0 Å². The average molecular weight is 470 g/mol. The summed E-state index contributed by atoms with van der Waals surface area (Å²) in [6.45, 7) is 1.69. The van der Waals surface area contributed by atoms with E-state index in [1.165, 1.54) is 28.3 Å². The highest BCUT2D eigenvalue weighted by Gasteiger charge is 2.18. The number of nitrogens with zero attached hydrogens (tertiary/aromatic N) is 2. The fraction of sp³-hybridized carbons (Fsp3) is 0.333. The molecular formula is C24H26N2O8. The molecule has 34 heavy (non-hydrogen) atoms. The number of methoxy groups -OCH3 is 3. The third kappa shape index (κ3) is 6.25. The minimum atomic E-state index is -0.414. The zero-order chi connectivity index (χ0) is 24.5. The van der Waals surface area contributed by atoms with Crippen molar-refractivity contribution in [2.24, 2.45) is 0 Å². The Balaban J connectivity index is 1.47. The van der Waals surface area contributed by atoms with Gasteiger partial charge in [-0.15, -0.1) is 10.2 Å². The maximum Gasteiger partial charge on any atom is 0.306 e. The predicted octanol–water partition coefficient (Wildman–Crippen LogP) is 3.87. The summed E-state index contributed by atoms with van der Waals surface area (Å²) in [4.78, 5) is 23.3. The first-order valence-electron chi connectivity index (χ1n) is 10.5. The van der Waals surface area contributed by atoms with E-state index in [9.17, 15) is 9.59 Å². The van der Waals surface area contributed by atoms with Crippen molar-refractivity contribution in [3.8, 4) is 34.5 Å². The molecule has 3 rings (SSSR count). The van der Waals surface area contributed by atoms with Crippen LogP contribution in [0.25, 0.3) is 11.5 Å². The molecule has 0 atom stereocenters. The smallest absolute Gasteiger partial charge is 0.306 e. The van der Waals surface area contributed by atoms with Crippen molar-refractivity contribution in [3.63, 3.8) is 0 Å². The van der Waals surface area contributed by atoms with Gasteiger partial charge in [-0.1, -0.05) is 0 Å². The van der Waals surface area contributed by atoms with E-state index in [-0.39, 0.29) is 30.6 Å². The van der Waals surface area contributed by atoms with Crippen molar-refractivity contribution in [2.75, 3.05) is 27.9 Å². The van der Waals surface area contributed by atoms with Gasteiger partial charge in [-0.2, -0.15) is 0 Å². The number of hydrogen-bond donors (Lipinski definition) is 0. The van der Waals surface area contributed by atoms with Crippen LogP contribution in [0.1, 0.15) is 36.0 Å². The summed E-state index contributed by atoms with van der Waals surface area (Å²) >= 11 is 0. The summed E-state index contributed by atoms with van der Waals surface area (Å²) in [5, 5.41) is 7.91. The van der Waals surface area contributed by atoms with Gasteiger partial charge in [0.2, 0.25) is 11.6 Å². The number of carbonyl (C=O) groups is 2. The first-order valence-corrected chi connectivity index (χ1v) is 10.5. The summed E-state index contributed by atoms with van der Waals surface area (Å²) in [5.41, 5.74) is 1.18. The van der Waals surface area contributed by atoms with Crippen molar-refractivity contribution >= 4 is 11.8 Å². The summed E-state index contributed by atoms with van der Waals surface area (Å²) < 4.78 is 32.3. The van der Waals surface area contributed by atoms with Crippen molar-refractivity contribution in [1.29, 1.82) is 0 Å². The number of esters is 1. The fourth-order valence-electron chi connectivity index (χ4n) is 3.04. The van der Waals surface area contributed by atoms with Crippen molar-refractivity contribution in [3.05, 3.63) is 47.9 Å². The maximum absolute atomic E-state index is 12.0. The van der Waals surface area contributed by atoms with Gasteiger partial charge in [-0.25, -0.2) is 0 Å². The van der Waals surface area contributed by atoms with Gasteiger partial charge < -0.3 is 28.1 Å². The molecule has 0 radical (unpaired) electrons. The summed E-state index contributed by atoms with van der Waals surface area (Å²) in [6.07, 6.45) is 0.632. The van der Waals surface area contributed by atoms with E-state index in [1.54, 1.807) is 36.4 Å². The second-order valence-electron chi connectivity index (χ2n) is 7.11. The van der Waals surface area contributed by atoms with Gasteiger partial charge in [0.25, 0.3) is 5.89 Å². The molecule has 0 aliphatic carbocycles. The standard InChI is InChI=1S/C24H26N2O8/c1-15(27)16-7-9-18(10-8-16)32-11-5-6-22(28)33-14-21-25-26-24(34-21)17-12-19(29-2)23(31-4)20(13-17)30-3/h7-10,12-13H,5-6,11,14H2,1-4H3. The summed E-state index contributed by atoms with van der Waals surface area (Å²) in [7, 11) is 4.53. The Kier molecular flexibility index (Phi) is 8.44. The molecule has 0 aliphatic heterocycles. The molecule has 0 saturated carbocycles. The molecule has 0 saturated heterocycles. The predicted molar refractivity (Wildman–Crippen MR) is 120 cm³/mol. The highest BCUT2D eigenvalue weighted by Crippen LogP contribution is 2.40. The topological polar surface area (TPSA) is 119 Å². The SMILES string of the molecule is COc1cc(-c2nnc(COC(=O)CCCOc3ccc(C(C)=O)cc3)o2)cc(OC)c1OC. The quantitative estimate of drug-likeness (QED) is 0.219. The Morgan fingerprint density at radius 2 is 1.62 bits per heavy atom. The van der Waals surface area contributed by atoms with Gasteiger partial charge >= 0.3 is 5.97 Å². The number of benzene rings is 2. The van der Waals surface area contributed by atoms with Crippen LogP contribution >= 0.6 is 0 Å². The van der Waals surface area contributed by atoms with Crippen LogP contribution in [-0.2, 0) is 16.1 Å². The third-order valence-electron chi connectivity index (χ3n) is 4.79. The fourth-order valence-corrected chi connectivity index (χ4v) is 3.04. The molecule has 1 heterocycles. The van der Waals surface area contributed by atoms with Crippen LogP contribution in [0.4, 0.5) is 0 Å². The van der Waals surface area contributed by atoms with Gasteiger partial charge in [0.05, 0.1) is 27.9 Å². The minimum Gasteiger partial charge on any atom is -0.494 e. The molecule has 3 aromatic rings. The van der Waals surface area contributed by atoms with Gasteiger partial charge in [0.15, 0.2) is 23.9 Å². The summed E-state index contributed by atoms with van der Waals surface area (Å²) in [6, 6.07) is 10.2. The molecule has 2 aromatic carbocycles. The molecule has 0 N–H and O–H groups in total. The third-order valence-corrected chi connectivity index (χ3v) is 4.79. The number of carbonyl (C=O) groups excluding carboxylic acids is 2. The first kappa shape index (κ1) is 24.6. The van der Waals surface area contributed by atoms with Gasteiger partial charge in [-0.3, -0.25) is 9.59 Å². The van der Waals surface area contributed by atoms with E-state index in [0.717, 1.165) is 0 Å². The second-order valence-corrected chi connectivity index (χ2v) is 7.11. The van der Waals surface area contributed by atoms with Crippen molar-refractivity contribution < 1.29 is 37.7 Å². The molecule has 0 amide bonds. The average Bonchev–Trinajstić information content (AvgIpc) is 3.33. The number of ether oxygens (including phenoxy) is 5. The Morgan fingerprint density at radius 1 is 0.941 bits per heavy atom. The normalized spacial score (nSPS) is 10.5.